The Balaban J connectivity index is 2.43. The molecule has 1 unspecified atom stereocenters. The molecule has 1 aromatic heterocycles. The highest BCUT2D eigenvalue weighted by Crippen LogP contribution is 2.30. The lowest BCUT2D eigenvalue weighted by Crippen LogP contribution is -2.16. The van der Waals surface area contributed by atoms with Crippen LogP contribution in [0.5, 0.6) is 5.75 Å². The minimum atomic E-state index is -0.241. The molecule has 0 aliphatic heterocycles. The second-order valence-corrected chi connectivity index (χ2v) is 5.36. The van der Waals surface area contributed by atoms with Crippen molar-refractivity contribution in [1.29, 1.82) is 0 Å². The monoisotopic (exact) mass is 275 g/mol. The highest BCUT2D eigenvalue weighted by Gasteiger charge is 2.20. The maximum Gasteiger partial charge on any atom is 0.244 e. The molecule has 2 rings (SSSR count). The number of ether oxygens (including phenoxy) is 1. The van der Waals surface area contributed by atoms with Crippen LogP contribution in [0.2, 0.25) is 0 Å². The molecular weight excluding hydrogens is 254 g/mol. The first-order valence-electron chi connectivity index (χ1n) is 6.68. The summed E-state index contributed by atoms with van der Waals surface area (Å²) in [6.45, 7) is 8.06. The summed E-state index contributed by atoms with van der Waals surface area (Å²) >= 11 is 0. The Labute approximate surface area is 119 Å². The number of nitrogens with two attached hydrogens (primary N) is 1. The average molecular weight is 275 g/mol. The molecule has 0 aliphatic rings. The average Bonchev–Trinajstić information content (AvgIpc) is 2.86. The standard InChI is InChI=1S/C15H21N3O2/c1-8(2)13(16)15-17-14(18-20-15)12-9(3)6-11(19-5)7-10(12)4/h6-8,13H,16H2,1-5H3. The van der Waals surface area contributed by atoms with Gasteiger partial charge in [0.15, 0.2) is 0 Å². The first-order chi connectivity index (χ1) is 9.43. The summed E-state index contributed by atoms with van der Waals surface area (Å²) in [5, 5.41) is 4.06. The lowest BCUT2D eigenvalue weighted by atomic mass is 10.0. The Morgan fingerprint density at radius 1 is 1.20 bits per heavy atom. The van der Waals surface area contributed by atoms with Gasteiger partial charge in [0.2, 0.25) is 11.7 Å². The van der Waals surface area contributed by atoms with E-state index in [-0.39, 0.29) is 12.0 Å². The smallest absolute Gasteiger partial charge is 0.244 e. The van der Waals surface area contributed by atoms with Gasteiger partial charge in [-0.05, 0) is 43.0 Å². The van der Waals surface area contributed by atoms with Crippen molar-refractivity contribution < 1.29 is 9.26 Å². The van der Waals surface area contributed by atoms with E-state index in [1.807, 2.05) is 39.8 Å². The molecule has 2 aromatic rings. The SMILES string of the molecule is COc1cc(C)c(-c2noc(C(N)C(C)C)n2)c(C)c1. The van der Waals surface area contributed by atoms with Crippen LogP contribution in [0.3, 0.4) is 0 Å². The lowest BCUT2D eigenvalue weighted by Gasteiger charge is -2.10. The van der Waals surface area contributed by atoms with E-state index < -0.39 is 0 Å². The second kappa shape index (κ2) is 5.63. The largest absolute Gasteiger partial charge is 0.497 e. The van der Waals surface area contributed by atoms with Gasteiger partial charge in [-0.3, -0.25) is 0 Å². The molecule has 1 heterocycles. The van der Waals surface area contributed by atoms with Gasteiger partial charge >= 0.3 is 0 Å². The molecule has 0 saturated carbocycles. The molecule has 1 atom stereocenters. The van der Waals surface area contributed by atoms with E-state index in [2.05, 4.69) is 10.1 Å². The Bertz CT molecular complexity index is 582. The first-order valence-corrected chi connectivity index (χ1v) is 6.68. The summed E-state index contributed by atoms with van der Waals surface area (Å²) in [5.74, 6) is 2.13. The predicted octanol–water partition coefficient (Wildman–Crippen LogP) is 3.02. The molecular formula is C15H21N3O2. The zero-order chi connectivity index (χ0) is 14.9. The van der Waals surface area contributed by atoms with Crippen molar-refractivity contribution in [2.24, 2.45) is 11.7 Å². The van der Waals surface area contributed by atoms with Crippen LogP contribution in [-0.2, 0) is 0 Å². The first kappa shape index (κ1) is 14.5. The minimum Gasteiger partial charge on any atom is -0.497 e. The summed E-state index contributed by atoms with van der Waals surface area (Å²) in [7, 11) is 1.65. The van der Waals surface area contributed by atoms with Crippen molar-refractivity contribution in [3.63, 3.8) is 0 Å². The fraction of sp³-hybridized carbons (Fsp3) is 0.467. The molecule has 20 heavy (non-hydrogen) atoms. The van der Waals surface area contributed by atoms with Crippen LogP contribution < -0.4 is 10.5 Å². The summed E-state index contributed by atoms with van der Waals surface area (Å²) in [6.07, 6.45) is 0. The minimum absolute atomic E-state index is 0.241. The highest BCUT2D eigenvalue weighted by atomic mass is 16.5. The van der Waals surface area contributed by atoms with Crippen molar-refractivity contribution in [2.45, 2.75) is 33.7 Å². The van der Waals surface area contributed by atoms with Crippen molar-refractivity contribution in [2.75, 3.05) is 7.11 Å². The molecule has 0 fully saturated rings. The fourth-order valence-electron chi connectivity index (χ4n) is 2.15. The third kappa shape index (κ3) is 2.67. The van der Waals surface area contributed by atoms with E-state index >= 15 is 0 Å². The molecule has 0 radical (unpaired) electrons. The van der Waals surface area contributed by atoms with Gasteiger partial charge in [-0.1, -0.05) is 19.0 Å². The summed E-state index contributed by atoms with van der Waals surface area (Å²) in [6, 6.07) is 3.68. The molecule has 0 saturated heterocycles. The van der Waals surface area contributed by atoms with Crippen LogP contribution in [0.15, 0.2) is 16.7 Å². The number of rotatable bonds is 4. The van der Waals surface area contributed by atoms with Gasteiger partial charge in [-0.2, -0.15) is 4.98 Å². The van der Waals surface area contributed by atoms with Crippen LogP contribution in [0.25, 0.3) is 11.4 Å². The topological polar surface area (TPSA) is 74.2 Å². The lowest BCUT2D eigenvalue weighted by molar-refractivity contribution is 0.325. The second-order valence-electron chi connectivity index (χ2n) is 5.36. The molecule has 0 bridgehead atoms. The Morgan fingerprint density at radius 2 is 1.80 bits per heavy atom. The Kier molecular flexibility index (Phi) is 4.09. The van der Waals surface area contributed by atoms with Gasteiger partial charge in [0, 0.05) is 5.56 Å². The van der Waals surface area contributed by atoms with Gasteiger partial charge in [-0.25, -0.2) is 0 Å². The van der Waals surface area contributed by atoms with Crippen molar-refractivity contribution >= 4 is 0 Å². The van der Waals surface area contributed by atoms with Gasteiger partial charge in [0.1, 0.15) is 5.75 Å². The van der Waals surface area contributed by atoms with Crippen LogP contribution in [-0.4, -0.2) is 17.3 Å². The van der Waals surface area contributed by atoms with Crippen molar-refractivity contribution in [3.05, 3.63) is 29.2 Å². The fourth-order valence-corrected chi connectivity index (χ4v) is 2.15. The third-order valence-electron chi connectivity index (χ3n) is 3.41. The zero-order valence-electron chi connectivity index (χ0n) is 12.6. The molecule has 0 amide bonds. The predicted molar refractivity (Wildman–Crippen MR) is 77.5 cm³/mol. The van der Waals surface area contributed by atoms with Crippen LogP contribution >= 0.6 is 0 Å². The Morgan fingerprint density at radius 3 is 2.30 bits per heavy atom. The van der Waals surface area contributed by atoms with E-state index in [1.54, 1.807) is 7.11 Å². The summed E-state index contributed by atoms with van der Waals surface area (Å²) in [4.78, 5) is 4.44. The molecule has 5 nitrogen and oxygen atoms in total. The van der Waals surface area contributed by atoms with E-state index in [1.165, 1.54) is 0 Å². The quantitative estimate of drug-likeness (QED) is 0.928. The van der Waals surface area contributed by atoms with Gasteiger partial charge in [0.05, 0.1) is 13.2 Å². The number of methoxy groups -OCH3 is 1. The third-order valence-corrected chi connectivity index (χ3v) is 3.41. The van der Waals surface area contributed by atoms with E-state index in [0.717, 1.165) is 22.4 Å². The molecule has 0 spiro atoms. The van der Waals surface area contributed by atoms with Crippen LogP contribution in [0.4, 0.5) is 0 Å². The summed E-state index contributed by atoms with van der Waals surface area (Å²) < 4.78 is 10.5. The molecule has 2 N–H and O–H groups in total. The normalized spacial score (nSPS) is 12.8. The number of hydrogen-bond donors (Lipinski definition) is 1. The zero-order valence-corrected chi connectivity index (χ0v) is 12.6. The Hall–Kier alpha value is -1.88. The van der Waals surface area contributed by atoms with Crippen LogP contribution in [0.1, 0.15) is 36.9 Å². The van der Waals surface area contributed by atoms with E-state index in [0.29, 0.717) is 11.7 Å². The van der Waals surface area contributed by atoms with Crippen molar-refractivity contribution in [1.82, 2.24) is 10.1 Å². The molecule has 0 aliphatic carbocycles. The molecule has 5 heteroatoms. The van der Waals surface area contributed by atoms with Gasteiger partial charge in [0.25, 0.3) is 0 Å². The molecule has 1 aromatic carbocycles. The highest BCUT2D eigenvalue weighted by molar-refractivity contribution is 5.65. The molecule has 108 valence electrons. The number of hydrogen-bond acceptors (Lipinski definition) is 5. The maximum absolute atomic E-state index is 6.03. The van der Waals surface area contributed by atoms with E-state index in [9.17, 15) is 0 Å². The van der Waals surface area contributed by atoms with Crippen molar-refractivity contribution in [3.8, 4) is 17.1 Å². The number of nitrogens with zero attached hydrogens (tertiary/aromatic N) is 2. The van der Waals surface area contributed by atoms with Gasteiger partial charge < -0.3 is 15.0 Å². The number of aromatic nitrogens is 2. The summed E-state index contributed by atoms with van der Waals surface area (Å²) in [5.41, 5.74) is 9.10. The maximum atomic E-state index is 6.03. The van der Waals surface area contributed by atoms with Crippen LogP contribution in [0, 0.1) is 19.8 Å². The van der Waals surface area contributed by atoms with E-state index in [4.69, 9.17) is 15.0 Å². The number of aryl methyl sites for hydroxylation is 2. The van der Waals surface area contributed by atoms with Gasteiger partial charge in [-0.15, -0.1) is 0 Å². The number of benzene rings is 1.